The summed E-state index contributed by atoms with van der Waals surface area (Å²) in [4.78, 5) is 2.67. The monoisotopic (exact) mass is 224 g/mol. The van der Waals surface area contributed by atoms with Crippen LogP contribution in [0.1, 0.15) is 45.4 Å². The van der Waals surface area contributed by atoms with Gasteiger partial charge in [-0.05, 0) is 45.4 Å². The fraction of sp³-hybridized carbons (Fsp3) is 1.00. The van der Waals surface area contributed by atoms with Crippen LogP contribution in [0.2, 0.25) is 0 Å². The molecular weight excluding hydrogens is 200 g/mol. The van der Waals surface area contributed by atoms with Gasteiger partial charge < -0.3 is 10.4 Å². The van der Waals surface area contributed by atoms with Gasteiger partial charge in [0.25, 0.3) is 0 Å². The van der Waals surface area contributed by atoms with Crippen molar-refractivity contribution < 1.29 is 5.11 Å². The van der Waals surface area contributed by atoms with E-state index in [0.717, 1.165) is 24.9 Å². The number of nitrogens with zero attached hydrogens (tertiary/aromatic N) is 1. The molecule has 3 fully saturated rings. The van der Waals surface area contributed by atoms with E-state index in [1.54, 1.807) is 0 Å². The Bertz CT molecular complexity index is 254. The van der Waals surface area contributed by atoms with E-state index in [1.807, 2.05) is 0 Å². The Morgan fingerprint density at radius 1 is 1.19 bits per heavy atom. The molecule has 1 heterocycles. The molecule has 4 atom stereocenters. The minimum atomic E-state index is -0.0923. The normalized spacial score (nSPS) is 45.4. The third-order valence-electron chi connectivity index (χ3n) is 4.57. The molecule has 1 saturated heterocycles. The highest BCUT2D eigenvalue weighted by Gasteiger charge is 2.40. The molecule has 2 N–H and O–H groups in total. The summed E-state index contributed by atoms with van der Waals surface area (Å²) in [6, 6.07) is 2.61. The molecule has 3 nitrogen and oxygen atoms in total. The summed E-state index contributed by atoms with van der Waals surface area (Å²) in [5.74, 6) is 0. The van der Waals surface area contributed by atoms with Crippen molar-refractivity contribution in [2.45, 2.75) is 75.7 Å². The van der Waals surface area contributed by atoms with Crippen LogP contribution in [0.4, 0.5) is 0 Å². The largest absolute Gasteiger partial charge is 0.392 e. The molecule has 4 unspecified atom stereocenters. The van der Waals surface area contributed by atoms with E-state index in [1.165, 1.54) is 32.2 Å². The zero-order chi connectivity index (χ0) is 11.1. The predicted octanol–water partition coefficient (Wildman–Crippen LogP) is 1.11. The lowest BCUT2D eigenvalue weighted by atomic mass is 10.1. The summed E-state index contributed by atoms with van der Waals surface area (Å²) in [5, 5.41) is 13.5. The summed E-state index contributed by atoms with van der Waals surface area (Å²) >= 11 is 0. The molecule has 3 heteroatoms. The van der Waals surface area contributed by atoms with Gasteiger partial charge in [0.15, 0.2) is 0 Å². The first kappa shape index (κ1) is 11.0. The lowest BCUT2D eigenvalue weighted by Crippen LogP contribution is -2.44. The summed E-state index contributed by atoms with van der Waals surface area (Å²) < 4.78 is 0. The van der Waals surface area contributed by atoms with E-state index in [2.05, 4.69) is 17.1 Å². The molecule has 0 aromatic rings. The average molecular weight is 224 g/mol. The minimum absolute atomic E-state index is 0.0923. The SMILES string of the molecule is CC1CC(NC2CCCC2O)CN1C1CC1. The molecular formula is C13H24N2O. The van der Waals surface area contributed by atoms with Crippen molar-refractivity contribution in [1.82, 2.24) is 10.2 Å². The predicted molar refractivity (Wildman–Crippen MR) is 64.4 cm³/mol. The Morgan fingerprint density at radius 3 is 2.62 bits per heavy atom. The van der Waals surface area contributed by atoms with Crippen LogP contribution in [0.3, 0.4) is 0 Å². The van der Waals surface area contributed by atoms with Crippen LogP contribution < -0.4 is 5.32 Å². The highest BCUT2D eigenvalue weighted by Crippen LogP contribution is 2.33. The van der Waals surface area contributed by atoms with Gasteiger partial charge in [-0.15, -0.1) is 0 Å². The standard InChI is InChI=1S/C13H24N2O/c1-9-7-10(8-15(9)11-5-6-11)14-12-3-2-4-13(12)16/h9-14,16H,2-8H2,1H3. The second-order valence-corrected chi connectivity index (χ2v) is 5.98. The van der Waals surface area contributed by atoms with Crippen molar-refractivity contribution in [2.75, 3.05) is 6.54 Å². The van der Waals surface area contributed by atoms with Gasteiger partial charge in [0, 0.05) is 30.7 Å². The molecule has 0 radical (unpaired) electrons. The van der Waals surface area contributed by atoms with E-state index in [-0.39, 0.29) is 6.10 Å². The van der Waals surface area contributed by atoms with Gasteiger partial charge >= 0.3 is 0 Å². The number of aliphatic hydroxyl groups excluding tert-OH is 1. The van der Waals surface area contributed by atoms with Crippen molar-refractivity contribution in [1.29, 1.82) is 0 Å². The molecule has 92 valence electrons. The third-order valence-corrected chi connectivity index (χ3v) is 4.57. The van der Waals surface area contributed by atoms with Gasteiger partial charge in [0.1, 0.15) is 0 Å². The summed E-state index contributed by atoms with van der Waals surface area (Å²) in [5.41, 5.74) is 0. The first-order chi connectivity index (χ1) is 7.74. The molecule has 0 spiro atoms. The van der Waals surface area contributed by atoms with E-state index in [9.17, 15) is 5.11 Å². The maximum absolute atomic E-state index is 9.83. The molecule has 0 amide bonds. The first-order valence-corrected chi connectivity index (χ1v) is 6.94. The molecule has 2 saturated carbocycles. The van der Waals surface area contributed by atoms with Crippen LogP contribution >= 0.6 is 0 Å². The summed E-state index contributed by atoms with van der Waals surface area (Å²) in [7, 11) is 0. The van der Waals surface area contributed by atoms with Gasteiger partial charge in [-0.1, -0.05) is 0 Å². The molecule has 16 heavy (non-hydrogen) atoms. The quantitative estimate of drug-likeness (QED) is 0.754. The van der Waals surface area contributed by atoms with Crippen molar-refractivity contribution in [3.8, 4) is 0 Å². The lowest BCUT2D eigenvalue weighted by molar-refractivity contribution is 0.142. The summed E-state index contributed by atoms with van der Waals surface area (Å²) in [6.45, 7) is 3.56. The molecule has 0 aromatic carbocycles. The zero-order valence-electron chi connectivity index (χ0n) is 10.2. The number of hydrogen-bond acceptors (Lipinski definition) is 3. The number of aliphatic hydroxyl groups is 1. The third kappa shape index (κ3) is 2.13. The fourth-order valence-corrected chi connectivity index (χ4v) is 3.53. The average Bonchev–Trinajstić information content (AvgIpc) is 2.92. The smallest absolute Gasteiger partial charge is 0.0693 e. The lowest BCUT2D eigenvalue weighted by Gasteiger charge is -2.22. The maximum Gasteiger partial charge on any atom is 0.0693 e. The van der Waals surface area contributed by atoms with Crippen LogP contribution in [0.15, 0.2) is 0 Å². The molecule has 1 aliphatic heterocycles. The second-order valence-electron chi connectivity index (χ2n) is 5.98. The Morgan fingerprint density at radius 2 is 2.00 bits per heavy atom. The van der Waals surface area contributed by atoms with Gasteiger partial charge in [-0.3, -0.25) is 4.90 Å². The van der Waals surface area contributed by atoms with Gasteiger partial charge in [0.2, 0.25) is 0 Å². The minimum Gasteiger partial charge on any atom is -0.392 e. The van der Waals surface area contributed by atoms with Gasteiger partial charge in [0.05, 0.1) is 6.10 Å². The van der Waals surface area contributed by atoms with E-state index in [0.29, 0.717) is 12.1 Å². The number of nitrogens with one attached hydrogen (secondary N) is 1. The highest BCUT2D eigenvalue weighted by molar-refractivity contribution is 4.97. The first-order valence-electron chi connectivity index (χ1n) is 6.94. The second kappa shape index (κ2) is 4.28. The molecule has 3 rings (SSSR count). The van der Waals surface area contributed by atoms with E-state index >= 15 is 0 Å². The zero-order valence-corrected chi connectivity index (χ0v) is 10.2. The van der Waals surface area contributed by atoms with Crippen LogP contribution in [-0.2, 0) is 0 Å². The van der Waals surface area contributed by atoms with Crippen molar-refractivity contribution in [2.24, 2.45) is 0 Å². The van der Waals surface area contributed by atoms with Crippen LogP contribution in [0, 0.1) is 0 Å². The Labute approximate surface area is 98.2 Å². The van der Waals surface area contributed by atoms with E-state index < -0.39 is 0 Å². The van der Waals surface area contributed by atoms with Crippen molar-refractivity contribution in [3.63, 3.8) is 0 Å². The number of rotatable bonds is 3. The number of likely N-dealkylation sites (tertiary alicyclic amines) is 1. The summed E-state index contributed by atoms with van der Waals surface area (Å²) in [6.07, 6.45) is 7.33. The van der Waals surface area contributed by atoms with Gasteiger partial charge in [-0.25, -0.2) is 0 Å². The molecule has 0 aromatic heterocycles. The van der Waals surface area contributed by atoms with Gasteiger partial charge in [-0.2, -0.15) is 0 Å². The van der Waals surface area contributed by atoms with Crippen molar-refractivity contribution >= 4 is 0 Å². The Balaban J connectivity index is 1.52. The maximum atomic E-state index is 9.83. The Hall–Kier alpha value is -0.120. The van der Waals surface area contributed by atoms with Crippen LogP contribution in [0.25, 0.3) is 0 Å². The van der Waals surface area contributed by atoms with E-state index in [4.69, 9.17) is 0 Å². The highest BCUT2D eigenvalue weighted by atomic mass is 16.3. The van der Waals surface area contributed by atoms with Crippen molar-refractivity contribution in [3.05, 3.63) is 0 Å². The molecule has 0 bridgehead atoms. The van der Waals surface area contributed by atoms with Crippen LogP contribution in [-0.4, -0.2) is 46.8 Å². The topological polar surface area (TPSA) is 35.5 Å². The van der Waals surface area contributed by atoms with Crippen LogP contribution in [0.5, 0.6) is 0 Å². The molecule has 2 aliphatic carbocycles. The number of hydrogen-bond donors (Lipinski definition) is 2. The molecule has 3 aliphatic rings. The fourth-order valence-electron chi connectivity index (χ4n) is 3.53. The Kier molecular flexibility index (Phi) is 2.94.